The van der Waals surface area contributed by atoms with Gasteiger partial charge < -0.3 is 15.5 Å². The predicted molar refractivity (Wildman–Crippen MR) is 117 cm³/mol. The highest BCUT2D eigenvalue weighted by atomic mass is 19.1. The van der Waals surface area contributed by atoms with Gasteiger partial charge in [-0.05, 0) is 68.8 Å². The molecule has 1 amide bonds. The van der Waals surface area contributed by atoms with E-state index < -0.39 is 5.82 Å². The van der Waals surface area contributed by atoms with Crippen LogP contribution >= 0.6 is 0 Å². The zero-order valence-electron chi connectivity index (χ0n) is 16.9. The number of aryl methyl sites for hydroxylation is 1. The molecule has 6 heteroatoms. The Balaban J connectivity index is 1.75. The van der Waals surface area contributed by atoms with Gasteiger partial charge in [-0.1, -0.05) is 6.07 Å². The van der Waals surface area contributed by atoms with Crippen molar-refractivity contribution in [3.8, 4) is 0 Å². The molecule has 5 nitrogen and oxygen atoms in total. The molecular weight excluding hydrogens is 367 g/mol. The maximum Gasteiger partial charge on any atom is 0.257 e. The van der Waals surface area contributed by atoms with Crippen LogP contribution in [0.4, 0.5) is 27.1 Å². The quantitative estimate of drug-likeness (QED) is 0.567. The van der Waals surface area contributed by atoms with Crippen LogP contribution in [-0.2, 0) is 0 Å². The van der Waals surface area contributed by atoms with Crippen LogP contribution in [-0.4, -0.2) is 24.0 Å². The molecule has 29 heavy (non-hydrogen) atoms. The van der Waals surface area contributed by atoms with E-state index >= 15 is 0 Å². The molecule has 0 spiro atoms. The molecule has 2 N–H and O–H groups in total. The lowest BCUT2D eigenvalue weighted by Gasteiger charge is -2.22. The first-order valence-corrected chi connectivity index (χ1v) is 9.64. The Morgan fingerprint density at radius 3 is 2.52 bits per heavy atom. The zero-order chi connectivity index (χ0) is 20.8. The van der Waals surface area contributed by atoms with E-state index in [1.54, 1.807) is 24.4 Å². The van der Waals surface area contributed by atoms with Crippen molar-refractivity contribution in [1.82, 2.24) is 4.98 Å². The van der Waals surface area contributed by atoms with Gasteiger partial charge in [0.25, 0.3) is 5.91 Å². The summed E-state index contributed by atoms with van der Waals surface area (Å²) in [4.78, 5) is 18.9. The van der Waals surface area contributed by atoms with Crippen molar-refractivity contribution in [2.24, 2.45) is 0 Å². The summed E-state index contributed by atoms with van der Waals surface area (Å²) < 4.78 is 13.3. The molecule has 0 saturated heterocycles. The third kappa shape index (κ3) is 5.10. The van der Waals surface area contributed by atoms with Gasteiger partial charge in [-0.2, -0.15) is 0 Å². The average Bonchev–Trinajstić information content (AvgIpc) is 2.71. The SMILES string of the molecule is CCN(CC)c1ccc(Nc2cncc(C(=O)Nc3cccc(F)c3)c2)c(C)c1. The van der Waals surface area contributed by atoms with Crippen molar-refractivity contribution in [3.05, 3.63) is 77.9 Å². The number of amides is 1. The van der Waals surface area contributed by atoms with Gasteiger partial charge in [0.05, 0.1) is 17.4 Å². The average molecular weight is 392 g/mol. The van der Waals surface area contributed by atoms with E-state index in [0.717, 1.165) is 24.3 Å². The van der Waals surface area contributed by atoms with Crippen molar-refractivity contribution >= 4 is 28.7 Å². The maximum atomic E-state index is 13.3. The Morgan fingerprint density at radius 1 is 1.03 bits per heavy atom. The number of aromatic nitrogens is 1. The summed E-state index contributed by atoms with van der Waals surface area (Å²) in [5.41, 5.74) is 4.72. The maximum absolute atomic E-state index is 13.3. The van der Waals surface area contributed by atoms with Gasteiger partial charge in [0.1, 0.15) is 5.82 Å². The molecule has 0 unspecified atom stereocenters. The van der Waals surface area contributed by atoms with Crippen molar-refractivity contribution < 1.29 is 9.18 Å². The summed E-state index contributed by atoms with van der Waals surface area (Å²) in [6.07, 6.45) is 3.15. The number of pyridine rings is 1. The molecular formula is C23H25FN4O. The monoisotopic (exact) mass is 392 g/mol. The summed E-state index contributed by atoms with van der Waals surface area (Å²) in [5, 5.41) is 6.00. The number of carbonyl (C=O) groups is 1. The number of hydrogen-bond donors (Lipinski definition) is 2. The Morgan fingerprint density at radius 2 is 1.83 bits per heavy atom. The third-order valence-corrected chi connectivity index (χ3v) is 4.70. The number of anilines is 4. The summed E-state index contributed by atoms with van der Waals surface area (Å²) in [6.45, 7) is 8.22. The van der Waals surface area contributed by atoms with Crippen molar-refractivity contribution in [3.63, 3.8) is 0 Å². The van der Waals surface area contributed by atoms with Crippen LogP contribution in [0.1, 0.15) is 29.8 Å². The normalized spacial score (nSPS) is 10.5. The van der Waals surface area contributed by atoms with E-state index in [2.05, 4.69) is 46.5 Å². The number of hydrogen-bond acceptors (Lipinski definition) is 4. The standard InChI is InChI=1S/C23H25FN4O/c1-4-28(5-2)21-9-10-22(16(3)11-21)26-20-12-17(14-25-15-20)23(29)27-19-8-6-7-18(24)13-19/h6-15,26H,4-5H2,1-3H3,(H,27,29). The topological polar surface area (TPSA) is 57.3 Å². The molecule has 0 aliphatic carbocycles. The number of benzene rings is 2. The lowest BCUT2D eigenvalue weighted by Crippen LogP contribution is -2.21. The lowest BCUT2D eigenvalue weighted by atomic mass is 10.1. The number of halogens is 1. The van der Waals surface area contributed by atoms with E-state index in [1.807, 2.05) is 13.0 Å². The van der Waals surface area contributed by atoms with Gasteiger partial charge in [-0.15, -0.1) is 0 Å². The van der Waals surface area contributed by atoms with Crippen LogP contribution in [0.15, 0.2) is 60.9 Å². The minimum atomic E-state index is -0.403. The number of carbonyl (C=O) groups excluding carboxylic acids is 1. The highest BCUT2D eigenvalue weighted by Gasteiger charge is 2.10. The molecule has 0 radical (unpaired) electrons. The van der Waals surface area contributed by atoms with Gasteiger partial charge in [0.15, 0.2) is 0 Å². The molecule has 1 aromatic heterocycles. The van der Waals surface area contributed by atoms with E-state index in [-0.39, 0.29) is 5.91 Å². The Kier molecular flexibility index (Phi) is 6.44. The summed E-state index contributed by atoms with van der Waals surface area (Å²) in [5.74, 6) is -0.750. The fourth-order valence-corrected chi connectivity index (χ4v) is 3.13. The van der Waals surface area contributed by atoms with Crippen LogP contribution in [0.3, 0.4) is 0 Å². The lowest BCUT2D eigenvalue weighted by molar-refractivity contribution is 0.102. The van der Waals surface area contributed by atoms with Crippen LogP contribution in [0, 0.1) is 12.7 Å². The van der Waals surface area contributed by atoms with Gasteiger partial charge in [-0.3, -0.25) is 9.78 Å². The molecule has 0 aliphatic rings. The highest BCUT2D eigenvalue weighted by molar-refractivity contribution is 6.04. The Labute approximate surface area is 170 Å². The van der Waals surface area contributed by atoms with Crippen molar-refractivity contribution in [2.45, 2.75) is 20.8 Å². The van der Waals surface area contributed by atoms with Gasteiger partial charge in [0, 0.05) is 36.3 Å². The number of nitrogens with zero attached hydrogens (tertiary/aromatic N) is 2. The molecule has 3 aromatic rings. The first-order valence-electron chi connectivity index (χ1n) is 9.64. The molecule has 1 heterocycles. The largest absolute Gasteiger partial charge is 0.372 e. The summed E-state index contributed by atoms with van der Waals surface area (Å²) in [6, 6.07) is 13.8. The first-order chi connectivity index (χ1) is 14.0. The molecule has 150 valence electrons. The first kappa shape index (κ1) is 20.3. The molecule has 0 atom stereocenters. The van der Waals surface area contributed by atoms with E-state index in [4.69, 9.17) is 0 Å². The molecule has 3 rings (SSSR count). The van der Waals surface area contributed by atoms with E-state index in [9.17, 15) is 9.18 Å². The van der Waals surface area contributed by atoms with Crippen molar-refractivity contribution in [2.75, 3.05) is 28.6 Å². The van der Waals surface area contributed by atoms with Crippen LogP contribution in [0.5, 0.6) is 0 Å². The Hall–Kier alpha value is -3.41. The second-order valence-corrected chi connectivity index (χ2v) is 6.72. The van der Waals surface area contributed by atoms with E-state index in [1.165, 1.54) is 24.0 Å². The number of rotatable bonds is 7. The van der Waals surface area contributed by atoms with Crippen LogP contribution < -0.4 is 15.5 Å². The smallest absolute Gasteiger partial charge is 0.257 e. The van der Waals surface area contributed by atoms with Crippen LogP contribution in [0.25, 0.3) is 0 Å². The molecule has 2 aromatic carbocycles. The minimum absolute atomic E-state index is 0.347. The fourth-order valence-electron chi connectivity index (χ4n) is 3.13. The van der Waals surface area contributed by atoms with Crippen molar-refractivity contribution in [1.29, 1.82) is 0 Å². The molecule has 0 aliphatic heterocycles. The summed E-state index contributed by atoms with van der Waals surface area (Å²) >= 11 is 0. The van der Waals surface area contributed by atoms with E-state index in [0.29, 0.717) is 16.9 Å². The zero-order valence-corrected chi connectivity index (χ0v) is 16.9. The molecule has 0 saturated carbocycles. The molecule has 0 fully saturated rings. The number of nitrogens with one attached hydrogen (secondary N) is 2. The van der Waals surface area contributed by atoms with Gasteiger partial charge in [-0.25, -0.2) is 4.39 Å². The van der Waals surface area contributed by atoms with Gasteiger partial charge in [0.2, 0.25) is 0 Å². The third-order valence-electron chi connectivity index (χ3n) is 4.70. The second kappa shape index (κ2) is 9.19. The fraction of sp³-hybridized carbons (Fsp3) is 0.217. The highest BCUT2D eigenvalue weighted by Crippen LogP contribution is 2.26. The van der Waals surface area contributed by atoms with Gasteiger partial charge >= 0.3 is 0 Å². The molecule has 0 bridgehead atoms. The Bertz CT molecular complexity index is 1000. The second-order valence-electron chi connectivity index (χ2n) is 6.72. The predicted octanol–water partition coefficient (Wildman–Crippen LogP) is 5.37. The minimum Gasteiger partial charge on any atom is -0.372 e. The van der Waals surface area contributed by atoms with Crippen LogP contribution in [0.2, 0.25) is 0 Å². The summed E-state index contributed by atoms with van der Waals surface area (Å²) in [7, 11) is 0.